The van der Waals surface area contributed by atoms with Crippen molar-refractivity contribution >= 4 is 0 Å². The lowest BCUT2D eigenvalue weighted by Gasteiger charge is -2.19. The maximum absolute atomic E-state index is 13.6. The van der Waals surface area contributed by atoms with Crippen LogP contribution in [0.5, 0.6) is 0 Å². The van der Waals surface area contributed by atoms with Crippen LogP contribution in [0.25, 0.3) is 0 Å². The second-order valence-electron chi connectivity index (χ2n) is 5.91. The Balaban J connectivity index is 1.95. The van der Waals surface area contributed by atoms with Gasteiger partial charge < -0.3 is 9.73 Å². The number of aromatic nitrogens is 2. The molecule has 2 aromatic rings. The van der Waals surface area contributed by atoms with Gasteiger partial charge in [0, 0.05) is 24.1 Å². The van der Waals surface area contributed by atoms with Gasteiger partial charge in [-0.3, -0.25) is 0 Å². The van der Waals surface area contributed by atoms with Crippen molar-refractivity contribution in [1.29, 1.82) is 0 Å². The first-order valence-corrected chi connectivity index (χ1v) is 6.84. The lowest BCUT2D eigenvalue weighted by atomic mass is 10.1. The minimum atomic E-state index is -0.874. The molecule has 0 atom stereocenters. The van der Waals surface area contributed by atoms with Crippen molar-refractivity contribution in [1.82, 2.24) is 15.5 Å². The summed E-state index contributed by atoms with van der Waals surface area (Å²) in [5, 5.41) is 11.1. The summed E-state index contributed by atoms with van der Waals surface area (Å²) < 4.78 is 32.1. The van der Waals surface area contributed by atoms with Crippen LogP contribution >= 0.6 is 0 Å². The molecule has 0 spiro atoms. The summed E-state index contributed by atoms with van der Waals surface area (Å²) in [6.45, 7) is 6.91. The van der Waals surface area contributed by atoms with E-state index < -0.39 is 11.6 Å². The lowest BCUT2D eigenvalue weighted by molar-refractivity contribution is 0.402. The van der Waals surface area contributed by atoms with Crippen LogP contribution in [0.1, 0.15) is 38.1 Å². The first kappa shape index (κ1) is 15.6. The minimum absolute atomic E-state index is 0.0214. The standard InChI is InChI=1S/C15H19F2N3O/c1-15(2,3)18-8-7-12-19-20-13(21-12)9-10-5-4-6-11(16)14(10)17/h4-6,18H,7-9H2,1-3H3. The molecule has 114 valence electrons. The molecule has 0 aliphatic carbocycles. The van der Waals surface area contributed by atoms with Crippen LogP contribution in [0.3, 0.4) is 0 Å². The molecule has 2 rings (SSSR count). The Kier molecular flexibility index (Phi) is 4.67. The lowest BCUT2D eigenvalue weighted by Crippen LogP contribution is -2.37. The molecule has 0 saturated carbocycles. The molecular weight excluding hydrogens is 276 g/mol. The second-order valence-corrected chi connectivity index (χ2v) is 5.91. The van der Waals surface area contributed by atoms with Crippen molar-refractivity contribution in [2.24, 2.45) is 0 Å². The number of rotatable bonds is 5. The highest BCUT2D eigenvalue weighted by atomic mass is 19.2. The third-order valence-electron chi connectivity index (χ3n) is 2.88. The van der Waals surface area contributed by atoms with Crippen LogP contribution < -0.4 is 5.32 Å². The SMILES string of the molecule is CC(C)(C)NCCc1nnc(Cc2cccc(F)c2F)o1. The zero-order chi connectivity index (χ0) is 15.5. The molecule has 21 heavy (non-hydrogen) atoms. The van der Waals surface area contributed by atoms with Gasteiger partial charge in [-0.2, -0.15) is 0 Å². The minimum Gasteiger partial charge on any atom is -0.425 e. The zero-order valence-corrected chi connectivity index (χ0v) is 12.4. The number of hydrogen-bond acceptors (Lipinski definition) is 4. The van der Waals surface area contributed by atoms with E-state index in [1.807, 2.05) is 0 Å². The van der Waals surface area contributed by atoms with Gasteiger partial charge in [0.05, 0.1) is 6.42 Å². The van der Waals surface area contributed by atoms with E-state index >= 15 is 0 Å². The fourth-order valence-corrected chi connectivity index (χ4v) is 1.85. The molecule has 1 aromatic heterocycles. The van der Waals surface area contributed by atoms with Gasteiger partial charge in [-0.05, 0) is 26.8 Å². The molecule has 4 nitrogen and oxygen atoms in total. The monoisotopic (exact) mass is 295 g/mol. The summed E-state index contributed by atoms with van der Waals surface area (Å²) in [7, 11) is 0. The molecule has 0 radical (unpaired) electrons. The topological polar surface area (TPSA) is 51.0 Å². The van der Waals surface area contributed by atoms with Gasteiger partial charge in [-0.25, -0.2) is 8.78 Å². The van der Waals surface area contributed by atoms with Crippen LogP contribution in [0, 0.1) is 11.6 Å². The van der Waals surface area contributed by atoms with E-state index in [-0.39, 0.29) is 23.4 Å². The van der Waals surface area contributed by atoms with E-state index in [9.17, 15) is 8.78 Å². The molecule has 0 saturated heterocycles. The Morgan fingerprint density at radius 2 is 1.86 bits per heavy atom. The van der Waals surface area contributed by atoms with Gasteiger partial charge in [-0.15, -0.1) is 10.2 Å². The normalized spacial score (nSPS) is 11.9. The van der Waals surface area contributed by atoms with Crippen LogP contribution in [0.15, 0.2) is 22.6 Å². The number of nitrogens with zero attached hydrogens (tertiary/aromatic N) is 2. The van der Waals surface area contributed by atoms with Crippen molar-refractivity contribution in [2.45, 2.75) is 39.2 Å². The molecule has 0 aliphatic rings. The van der Waals surface area contributed by atoms with E-state index in [1.54, 1.807) is 0 Å². The fraction of sp³-hybridized carbons (Fsp3) is 0.467. The quantitative estimate of drug-likeness (QED) is 0.921. The first-order valence-electron chi connectivity index (χ1n) is 6.84. The third-order valence-corrected chi connectivity index (χ3v) is 2.88. The van der Waals surface area contributed by atoms with Crippen LogP contribution in [-0.4, -0.2) is 22.3 Å². The Morgan fingerprint density at radius 3 is 2.57 bits per heavy atom. The van der Waals surface area contributed by atoms with Crippen LogP contribution in [-0.2, 0) is 12.8 Å². The summed E-state index contributed by atoms with van der Waals surface area (Å²) in [5.41, 5.74) is 0.228. The van der Waals surface area contributed by atoms with E-state index in [0.29, 0.717) is 18.9 Å². The average Bonchev–Trinajstić information content (AvgIpc) is 2.81. The van der Waals surface area contributed by atoms with E-state index in [4.69, 9.17) is 4.42 Å². The fourth-order valence-electron chi connectivity index (χ4n) is 1.85. The Bertz CT molecular complexity index is 605. The highest BCUT2D eigenvalue weighted by Crippen LogP contribution is 2.15. The van der Waals surface area contributed by atoms with Gasteiger partial charge >= 0.3 is 0 Å². The highest BCUT2D eigenvalue weighted by Gasteiger charge is 2.13. The number of benzene rings is 1. The largest absolute Gasteiger partial charge is 0.425 e. The Labute approximate surface area is 122 Å². The summed E-state index contributed by atoms with van der Waals surface area (Å²) in [4.78, 5) is 0. The second kappa shape index (κ2) is 6.30. The number of nitrogens with one attached hydrogen (secondary N) is 1. The van der Waals surface area contributed by atoms with E-state index in [2.05, 4.69) is 36.3 Å². The van der Waals surface area contributed by atoms with Gasteiger partial charge in [0.15, 0.2) is 11.6 Å². The van der Waals surface area contributed by atoms with Gasteiger partial charge in [-0.1, -0.05) is 12.1 Å². The van der Waals surface area contributed by atoms with Gasteiger partial charge in [0.1, 0.15) is 0 Å². The van der Waals surface area contributed by atoms with Crippen molar-refractivity contribution < 1.29 is 13.2 Å². The van der Waals surface area contributed by atoms with Crippen LogP contribution in [0.2, 0.25) is 0 Å². The smallest absolute Gasteiger partial charge is 0.221 e. The molecule has 1 heterocycles. The van der Waals surface area contributed by atoms with Crippen molar-refractivity contribution in [3.63, 3.8) is 0 Å². The Morgan fingerprint density at radius 1 is 1.14 bits per heavy atom. The van der Waals surface area contributed by atoms with E-state index in [0.717, 1.165) is 6.07 Å². The molecular formula is C15H19F2N3O. The zero-order valence-electron chi connectivity index (χ0n) is 12.4. The van der Waals surface area contributed by atoms with Crippen molar-refractivity contribution in [3.05, 3.63) is 47.2 Å². The molecule has 0 unspecified atom stereocenters. The van der Waals surface area contributed by atoms with Crippen molar-refractivity contribution in [3.8, 4) is 0 Å². The molecule has 0 amide bonds. The summed E-state index contributed by atoms with van der Waals surface area (Å²) in [6, 6.07) is 4.04. The van der Waals surface area contributed by atoms with E-state index in [1.165, 1.54) is 12.1 Å². The van der Waals surface area contributed by atoms with Gasteiger partial charge in [0.2, 0.25) is 11.8 Å². The predicted octanol–water partition coefficient (Wildman–Crippen LogP) is 2.87. The van der Waals surface area contributed by atoms with Crippen LogP contribution in [0.4, 0.5) is 8.78 Å². The maximum atomic E-state index is 13.6. The summed E-state index contributed by atoms with van der Waals surface area (Å²) >= 11 is 0. The molecule has 0 fully saturated rings. The number of hydrogen-bond donors (Lipinski definition) is 1. The Hall–Kier alpha value is -1.82. The first-order chi connectivity index (χ1) is 9.85. The summed E-state index contributed by atoms with van der Waals surface area (Å²) in [6.07, 6.45) is 0.680. The molecule has 0 aliphatic heterocycles. The maximum Gasteiger partial charge on any atom is 0.221 e. The molecule has 1 N–H and O–H groups in total. The average molecular weight is 295 g/mol. The van der Waals surface area contributed by atoms with Crippen molar-refractivity contribution in [2.75, 3.05) is 6.54 Å². The van der Waals surface area contributed by atoms with Gasteiger partial charge in [0.25, 0.3) is 0 Å². The number of halogens is 2. The molecule has 0 bridgehead atoms. The highest BCUT2D eigenvalue weighted by molar-refractivity contribution is 5.21. The summed E-state index contributed by atoms with van der Waals surface area (Å²) in [5.74, 6) is -0.975. The molecule has 6 heteroatoms. The predicted molar refractivity (Wildman–Crippen MR) is 74.9 cm³/mol. The molecule has 1 aromatic carbocycles. The third kappa shape index (κ3) is 4.60.